The highest BCUT2D eigenvalue weighted by molar-refractivity contribution is 5.80. The van der Waals surface area contributed by atoms with Crippen molar-refractivity contribution in [2.24, 2.45) is 0 Å². The number of carbonyl (C=O) groups is 1. The lowest BCUT2D eigenvalue weighted by Gasteiger charge is -2.13. The second-order valence-corrected chi connectivity index (χ2v) is 9.41. The predicted molar refractivity (Wildman–Crippen MR) is 150 cm³/mol. The number of tetrazole rings is 1. The van der Waals surface area contributed by atoms with E-state index in [1.807, 2.05) is 60.0 Å². The number of nitrogens with zero attached hydrogens (tertiary/aromatic N) is 7. The molecule has 0 atom stereocenters. The number of methoxy groups -OCH3 is 2. The SMILES string of the molecule is CCCc1nc2c(c(=O)n(CCOC)c(=O)n2CC(=O)OC)n1Cc1ccc(-c2ccccc2-c2nn[nH]n2)cc1. The van der Waals surface area contributed by atoms with Crippen LogP contribution < -0.4 is 11.2 Å². The van der Waals surface area contributed by atoms with Crippen LogP contribution in [0.3, 0.4) is 0 Å². The molecular weight excluding hydrogens is 528 g/mol. The van der Waals surface area contributed by atoms with E-state index in [0.29, 0.717) is 24.6 Å². The maximum Gasteiger partial charge on any atom is 0.333 e. The van der Waals surface area contributed by atoms with E-state index in [1.165, 1.54) is 18.8 Å². The van der Waals surface area contributed by atoms with Crippen LogP contribution in [0.1, 0.15) is 24.7 Å². The first-order valence-corrected chi connectivity index (χ1v) is 13.2. The minimum atomic E-state index is -0.637. The Balaban J connectivity index is 1.60. The molecule has 3 heterocycles. The summed E-state index contributed by atoms with van der Waals surface area (Å²) in [5.41, 5.74) is 2.98. The van der Waals surface area contributed by atoms with Crippen molar-refractivity contribution in [1.29, 1.82) is 0 Å². The van der Waals surface area contributed by atoms with Gasteiger partial charge in [-0.05, 0) is 28.3 Å². The standard InChI is InChI=1S/C28H30N8O5/c1-4-7-22-29-26-24(27(38)34(14-15-40-2)28(39)36(26)17-23(37)41-3)35(22)16-18-10-12-19(13-11-18)20-8-5-6-9-21(20)25-30-32-33-31-25/h5-6,8-13H,4,7,14-17H2,1-3H3,(H,30,31,32,33). The normalized spacial score (nSPS) is 11.3. The summed E-state index contributed by atoms with van der Waals surface area (Å²) in [6, 6.07) is 15.8. The monoisotopic (exact) mass is 558 g/mol. The van der Waals surface area contributed by atoms with Gasteiger partial charge in [0.2, 0.25) is 5.82 Å². The summed E-state index contributed by atoms with van der Waals surface area (Å²) in [5, 5.41) is 14.4. The zero-order valence-electron chi connectivity index (χ0n) is 23.0. The Bertz CT molecular complexity index is 1790. The molecular formula is C28H30N8O5. The van der Waals surface area contributed by atoms with Crippen molar-refractivity contribution < 1.29 is 14.3 Å². The number of carbonyl (C=O) groups excluding carboxylic acids is 1. The van der Waals surface area contributed by atoms with E-state index in [9.17, 15) is 14.4 Å². The molecule has 0 unspecified atom stereocenters. The van der Waals surface area contributed by atoms with Gasteiger partial charge in [-0.15, -0.1) is 10.2 Å². The average Bonchev–Trinajstić information content (AvgIpc) is 3.65. The molecule has 0 amide bonds. The number of hydrogen-bond acceptors (Lipinski definition) is 9. The molecule has 0 fully saturated rings. The highest BCUT2D eigenvalue weighted by Gasteiger charge is 2.23. The molecule has 41 heavy (non-hydrogen) atoms. The molecule has 0 aliphatic heterocycles. The van der Waals surface area contributed by atoms with E-state index in [1.54, 1.807) is 0 Å². The highest BCUT2D eigenvalue weighted by Crippen LogP contribution is 2.30. The van der Waals surface area contributed by atoms with E-state index >= 15 is 0 Å². The van der Waals surface area contributed by atoms with E-state index < -0.39 is 17.2 Å². The number of ether oxygens (including phenoxy) is 2. The Morgan fingerprint density at radius 2 is 1.73 bits per heavy atom. The number of nitrogens with one attached hydrogen (secondary N) is 1. The Kier molecular flexibility index (Phi) is 8.15. The first-order chi connectivity index (χ1) is 20.0. The largest absolute Gasteiger partial charge is 0.468 e. The van der Waals surface area contributed by atoms with Crippen LogP contribution in [0.4, 0.5) is 0 Å². The second kappa shape index (κ2) is 12.1. The minimum absolute atomic E-state index is 0.0358. The van der Waals surface area contributed by atoms with Gasteiger partial charge >= 0.3 is 11.7 Å². The molecule has 0 bridgehead atoms. The lowest BCUT2D eigenvalue weighted by Crippen LogP contribution is -2.42. The smallest absolute Gasteiger partial charge is 0.333 e. The van der Waals surface area contributed by atoms with Gasteiger partial charge in [0, 0.05) is 25.6 Å². The molecule has 5 rings (SSSR count). The number of esters is 1. The van der Waals surface area contributed by atoms with Crippen LogP contribution in [0.2, 0.25) is 0 Å². The Labute approximate surface area is 234 Å². The fraction of sp³-hybridized carbons (Fsp3) is 0.321. The fourth-order valence-electron chi connectivity index (χ4n) is 4.81. The number of aromatic nitrogens is 8. The molecule has 0 radical (unpaired) electrons. The summed E-state index contributed by atoms with van der Waals surface area (Å²) in [6.07, 6.45) is 1.35. The number of benzene rings is 2. The summed E-state index contributed by atoms with van der Waals surface area (Å²) >= 11 is 0. The summed E-state index contributed by atoms with van der Waals surface area (Å²) in [5.74, 6) is 0.531. The molecule has 3 aromatic heterocycles. The van der Waals surface area contributed by atoms with E-state index in [0.717, 1.165) is 33.2 Å². The van der Waals surface area contributed by atoms with Crippen molar-refractivity contribution in [2.45, 2.75) is 39.4 Å². The quantitative estimate of drug-likeness (QED) is 0.240. The molecule has 0 spiro atoms. The molecule has 0 saturated heterocycles. The van der Waals surface area contributed by atoms with Gasteiger partial charge in [0.15, 0.2) is 11.2 Å². The Morgan fingerprint density at radius 1 is 0.976 bits per heavy atom. The first kappa shape index (κ1) is 27.6. The molecule has 13 heteroatoms. The summed E-state index contributed by atoms with van der Waals surface area (Å²) < 4.78 is 14.1. The number of aryl methyl sites for hydroxylation is 1. The first-order valence-electron chi connectivity index (χ1n) is 13.2. The lowest BCUT2D eigenvalue weighted by atomic mass is 9.98. The lowest BCUT2D eigenvalue weighted by molar-refractivity contribution is -0.141. The Morgan fingerprint density at radius 3 is 2.39 bits per heavy atom. The summed E-state index contributed by atoms with van der Waals surface area (Å²) in [6.45, 7) is 2.18. The van der Waals surface area contributed by atoms with Gasteiger partial charge in [0.25, 0.3) is 5.56 Å². The van der Waals surface area contributed by atoms with Gasteiger partial charge in [-0.3, -0.25) is 18.7 Å². The van der Waals surface area contributed by atoms with Crippen molar-refractivity contribution in [3.8, 4) is 22.5 Å². The third-order valence-electron chi connectivity index (χ3n) is 6.82. The number of aromatic amines is 1. The van der Waals surface area contributed by atoms with Crippen molar-refractivity contribution in [3.05, 3.63) is 80.8 Å². The van der Waals surface area contributed by atoms with E-state index in [4.69, 9.17) is 9.47 Å². The van der Waals surface area contributed by atoms with Crippen molar-refractivity contribution >= 4 is 17.1 Å². The zero-order valence-corrected chi connectivity index (χ0v) is 23.0. The molecule has 212 valence electrons. The van der Waals surface area contributed by atoms with Crippen LogP contribution in [0.15, 0.2) is 58.1 Å². The van der Waals surface area contributed by atoms with Gasteiger partial charge < -0.3 is 14.0 Å². The van der Waals surface area contributed by atoms with Crippen LogP contribution >= 0.6 is 0 Å². The number of hydrogen-bond donors (Lipinski definition) is 1. The van der Waals surface area contributed by atoms with E-state index in [2.05, 4.69) is 25.6 Å². The third-order valence-corrected chi connectivity index (χ3v) is 6.82. The summed E-state index contributed by atoms with van der Waals surface area (Å²) in [7, 11) is 2.74. The number of rotatable bonds is 11. The van der Waals surface area contributed by atoms with Crippen LogP contribution in [0.5, 0.6) is 0 Å². The number of imidazole rings is 1. The average molecular weight is 559 g/mol. The third kappa shape index (κ3) is 5.43. The zero-order chi connectivity index (χ0) is 28.9. The fourth-order valence-corrected chi connectivity index (χ4v) is 4.81. The molecule has 0 aliphatic rings. The van der Waals surface area contributed by atoms with E-state index in [-0.39, 0.29) is 30.9 Å². The second-order valence-electron chi connectivity index (χ2n) is 9.41. The summed E-state index contributed by atoms with van der Waals surface area (Å²) in [4.78, 5) is 43.8. The van der Waals surface area contributed by atoms with Gasteiger partial charge in [0.05, 0.1) is 20.3 Å². The van der Waals surface area contributed by atoms with Crippen LogP contribution in [0.25, 0.3) is 33.7 Å². The van der Waals surface area contributed by atoms with Crippen molar-refractivity contribution in [3.63, 3.8) is 0 Å². The number of H-pyrrole nitrogens is 1. The van der Waals surface area contributed by atoms with Gasteiger partial charge in [-0.25, -0.2) is 9.78 Å². The van der Waals surface area contributed by atoms with Crippen molar-refractivity contribution in [1.82, 2.24) is 39.3 Å². The maximum atomic E-state index is 13.7. The van der Waals surface area contributed by atoms with Gasteiger partial charge in [-0.2, -0.15) is 5.21 Å². The minimum Gasteiger partial charge on any atom is -0.468 e. The van der Waals surface area contributed by atoms with Crippen LogP contribution in [-0.2, 0) is 40.3 Å². The molecule has 1 N–H and O–H groups in total. The highest BCUT2D eigenvalue weighted by atomic mass is 16.5. The molecule has 5 aromatic rings. The molecule has 2 aromatic carbocycles. The molecule has 13 nitrogen and oxygen atoms in total. The van der Waals surface area contributed by atoms with Crippen LogP contribution in [-0.4, -0.2) is 66.1 Å². The predicted octanol–water partition coefficient (Wildman–Crippen LogP) is 2.03. The Hall–Kier alpha value is -4.91. The molecule has 0 aliphatic carbocycles. The maximum absolute atomic E-state index is 13.7. The van der Waals surface area contributed by atoms with Gasteiger partial charge in [0.1, 0.15) is 12.4 Å². The van der Waals surface area contributed by atoms with Crippen molar-refractivity contribution in [2.75, 3.05) is 20.8 Å². The molecule has 0 saturated carbocycles. The van der Waals surface area contributed by atoms with Gasteiger partial charge in [-0.1, -0.05) is 55.5 Å². The topological polar surface area (TPSA) is 152 Å². The number of fused-ring (bicyclic) bond motifs is 1. The van der Waals surface area contributed by atoms with Crippen LogP contribution in [0, 0.1) is 0 Å².